The Bertz CT molecular complexity index is 698. The third-order valence-electron chi connectivity index (χ3n) is 4.15. The van der Waals surface area contributed by atoms with Gasteiger partial charge in [0.1, 0.15) is 5.75 Å². The van der Waals surface area contributed by atoms with Crippen LogP contribution in [-0.4, -0.2) is 59.4 Å². The van der Waals surface area contributed by atoms with Gasteiger partial charge in [-0.3, -0.25) is 14.6 Å². The molecule has 0 radical (unpaired) electrons. The highest BCUT2D eigenvalue weighted by Crippen LogP contribution is 2.10. The van der Waals surface area contributed by atoms with Crippen molar-refractivity contribution in [2.45, 2.75) is 6.42 Å². The number of hydrogen-bond acceptors (Lipinski definition) is 4. The molecule has 1 aliphatic rings. The largest absolute Gasteiger partial charge is 0.484 e. The van der Waals surface area contributed by atoms with Gasteiger partial charge in [-0.05, 0) is 24.3 Å². The molecule has 3 rings (SSSR count). The Labute approximate surface area is 147 Å². The average molecular weight is 339 g/mol. The number of carbonyl (C=O) groups is 2. The van der Waals surface area contributed by atoms with Gasteiger partial charge >= 0.3 is 0 Å². The number of aromatic nitrogens is 1. The quantitative estimate of drug-likeness (QED) is 0.825. The fourth-order valence-corrected chi connectivity index (χ4v) is 2.73. The van der Waals surface area contributed by atoms with Gasteiger partial charge in [-0.1, -0.05) is 24.3 Å². The number of nitrogens with zero attached hydrogens (tertiary/aromatic N) is 3. The number of ether oxygens (including phenoxy) is 1. The van der Waals surface area contributed by atoms with Crippen molar-refractivity contribution in [3.8, 4) is 5.75 Å². The molecule has 0 unspecified atom stereocenters. The maximum Gasteiger partial charge on any atom is 0.260 e. The molecule has 0 saturated carbocycles. The van der Waals surface area contributed by atoms with Crippen LogP contribution in [0.1, 0.15) is 5.69 Å². The minimum absolute atomic E-state index is 0.0197. The van der Waals surface area contributed by atoms with Gasteiger partial charge in [0.25, 0.3) is 5.91 Å². The first kappa shape index (κ1) is 17.0. The number of benzene rings is 1. The molecule has 2 heterocycles. The Morgan fingerprint density at radius 3 is 2.16 bits per heavy atom. The lowest BCUT2D eigenvalue weighted by Crippen LogP contribution is -2.52. The topological polar surface area (TPSA) is 62.7 Å². The molecule has 0 bridgehead atoms. The van der Waals surface area contributed by atoms with Crippen LogP contribution in [0.4, 0.5) is 0 Å². The molecular weight excluding hydrogens is 318 g/mol. The average Bonchev–Trinajstić information content (AvgIpc) is 2.68. The fourth-order valence-electron chi connectivity index (χ4n) is 2.73. The maximum atomic E-state index is 12.3. The van der Waals surface area contributed by atoms with Gasteiger partial charge in [-0.2, -0.15) is 0 Å². The number of pyridine rings is 1. The summed E-state index contributed by atoms with van der Waals surface area (Å²) < 4.78 is 5.49. The van der Waals surface area contributed by atoms with Crippen LogP contribution in [0.2, 0.25) is 0 Å². The molecule has 1 fully saturated rings. The predicted molar refractivity (Wildman–Crippen MR) is 93.0 cm³/mol. The highest BCUT2D eigenvalue weighted by atomic mass is 16.5. The van der Waals surface area contributed by atoms with Crippen LogP contribution in [0, 0.1) is 0 Å². The molecule has 130 valence electrons. The summed E-state index contributed by atoms with van der Waals surface area (Å²) in [5, 5.41) is 0. The molecule has 0 N–H and O–H groups in total. The molecule has 6 nitrogen and oxygen atoms in total. The van der Waals surface area contributed by atoms with Gasteiger partial charge in [-0.25, -0.2) is 0 Å². The van der Waals surface area contributed by atoms with E-state index < -0.39 is 0 Å². The van der Waals surface area contributed by atoms with E-state index in [0.717, 1.165) is 5.69 Å². The molecule has 1 aromatic carbocycles. The molecule has 2 aromatic rings. The van der Waals surface area contributed by atoms with E-state index in [1.165, 1.54) is 0 Å². The highest BCUT2D eigenvalue weighted by molar-refractivity contribution is 5.80. The van der Waals surface area contributed by atoms with Gasteiger partial charge in [-0.15, -0.1) is 0 Å². The number of rotatable bonds is 5. The standard InChI is InChI=1S/C19H21N3O3/c23-18(14-16-6-4-5-9-20-16)21-10-12-22(13-11-21)19(24)15-25-17-7-2-1-3-8-17/h1-9H,10-15H2. The van der Waals surface area contributed by atoms with Crippen LogP contribution in [0.15, 0.2) is 54.7 Å². The summed E-state index contributed by atoms with van der Waals surface area (Å²) in [6.07, 6.45) is 1.98. The van der Waals surface area contributed by atoms with E-state index in [4.69, 9.17) is 4.74 Å². The van der Waals surface area contributed by atoms with Crippen LogP contribution in [0.25, 0.3) is 0 Å². The number of hydrogen-bond donors (Lipinski definition) is 0. The van der Waals surface area contributed by atoms with Crippen molar-refractivity contribution in [2.75, 3.05) is 32.8 Å². The Morgan fingerprint density at radius 2 is 1.52 bits per heavy atom. The molecule has 2 amide bonds. The summed E-state index contributed by atoms with van der Waals surface area (Å²) in [6.45, 7) is 2.17. The molecule has 0 spiro atoms. The lowest BCUT2D eigenvalue weighted by Gasteiger charge is -2.34. The Kier molecular flexibility index (Phi) is 5.61. The van der Waals surface area contributed by atoms with Crippen molar-refractivity contribution in [3.63, 3.8) is 0 Å². The van der Waals surface area contributed by atoms with Crippen molar-refractivity contribution < 1.29 is 14.3 Å². The first-order valence-electron chi connectivity index (χ1n) is 8.35. The summed E-state index contributed by atoms with van der Waals surface area (Å²) in [5.41, 5.74) is 0.766. The fraction of sp³-hybridized carbons (Fsp3) is 0.316. The third-order valence-corrected chi connectivity index (χ3v) is 4.15. The van der Waals surface area contributed by atoms with Crippen molar-refractivity contribution >= 4 is 11.8 Å². The molecule has 1 saturated heterocycles. The maximum absolute atomic E-state index is 12.3. The Hall–Kier alpha value is -2.89. The van der Waals surface area contributed by atoms with Crippen molar-refractivity contribution in [1.82, 2.24) is 14.8 Å². The predicted octanol–water partition coefficient (Wildman–Crippen LogP) is 1.37. The molecule has 1 aliphatic heterocycles. The van der Waals surface area contributed by atoms with Gasteiger partial charge in [0.2, 0.25) is 5.91 Å². The SMILES string of the molecule is O=C(COc1ccccc1)N1CCN(C(=O)Cc2ccccn2)CC1. The lowest BCUT2D eigenvalue weighted by molar-refractivity contribution is -0.140. The summed E-state index contributed by atoms with van der Waals surface area (Å²) in [7, 11) is 0. The summed E-state index contributed by atoms with van der Waals surface area (Å²) in [5.74, 6) is 0.673. The van der Waals surface area contributed by atoms with E-state index in [1.807, 2.05) is 48.5 Å². The lowest BCUT2D eigenvalue weighted by atomic mass is 10.2. The number of para-hydroxylation sites is 1. The monoisotopic (exact) mass is 339 g/mol. The van der Waals surface area contributed by atoms with E-state index in [-0.39, 0.29) is 18.4 Å². The molecular formula is C19H21N3O3. The zero-order chi connectivity index (χ0) is 17.5. The van der Waals surface area contributed by atoms with Gasteiger partial charge in [0, 0.05) is 38.1 Å². The van der Waals surface area contributed by atoms with Gasteiger partial charge in [0.05, 0.1) is 6.42 Å². The molecule has 0 atom stereocenters. The summed E-state index contributed by atoms with van der Waals surface area (Å²) in [6, 6.07) is 14.8. The Morgan fingerprint density at radius 1 is 0.880 bits per heavy atom. The minimum Gasteiger partial charge on any atom is -0.484 e. The van der Waals surface area contributed by atoms with Gasteiger partial charge < -0.3 is 14.5 Å². The summed E-state index contributed by atoms with van der Waals surface area (Å²) in [4.78, 5) is 32.3. The second-order valence-electron chi connectivity index (χ2n) is 5.86. The second-order valence-corrected chi connectivity index (χ2v) is 5.86. The van der Waals surface area contributed by atoms with E-state index in [2.05, 4.69) is 4.98 Å². The van der Waals surface area contributed by atoms with Gasteiger partial charge in [0.15, 0.2) is 6.61 Å². The zero-order valence-corrected chi connectivity index (χ0v) is 14.0. The number of piperazine rings is 1. The first-order chi connectivity index (χ1) is 12.2. The molecule has 1 aromatic heterocycles. The zero-order valence-electron chi connectivity index (χ0n) is 14.0. The van der Waals surface area contributed by atoms with E-state index in [1.54, 1.807) is 16.0 Å². The van der Waals surface area contributed by atoms with Crippen LogP contribution in [0.3, 0.4) is 0 Å². The highest BCUT2D eigenvalue weighted by Gasteiger charge is 2.24. The van der Waals surface area contributed by atoms with Crippen molar-refractivity contribution in [3.05, 3.63) is 60.4 Å². The first-order valence-corrected chi connectivity index (χ1v) is 8.35. The van der Waals surface area contributed by atoms with Crippen LogP contribution < -0.4 is 4.74 Å². The van der Waals surface area contributed by atoms with Crippen LogP contribution in [-0.2, 0) is 16.0 Å². The van der Waals surface area contributed by atoms with Crippen LogP contribution >= 0.6 is 0 Å². The molecule has 0 aliphatic carbocycles. The minimum atomic E-state index is -0.0549. The molecule has 25 heavy (non-hydrogen) atoms. The van der Waals surface area contributed by atoms with Crippen molar-refractivity contribution in [2.24, 2.45) is 0 Å². The van der Waals surface area contributed by atoms with Crippen molar-refractivity contribution in [1.29, 1.82) is 0 Å². The number of amides is 2. The normalized spacial score (nSPS) is 14.2. The van der Waals surface area contributed by atoms with E-state index in [9.17, 15) is 9.59 Å². The smallest absolute Gasteiger partial charge is 0.260 e. The second kappa shape index (κ2) is 8.28. The van der Waals surface area contributed by atoms with E-state index in [0.29, 0.717) is 38.3 Å². The summed E-state index contributed by atoms with van der Waals surface area (Å²) >= 11 is 0. The number of carbonyl (C=O) groups excluding carboxylic acids is 2. The third kappa shape index (κ3) is 4.79. The van der Waals surface area contributed by atoms with Crippen LogP contribution in [0.5, 0.6) is 5.75 Å². The molecule has 6 heteroatoms. The Balaban J connectivity index is 1.43. The van der Waals surface area contributed by atoms with E-state index >= 15 is 0 Å².